The van der Waals surface area contributed by atoms with Crippen molar-refractivity contribution in [1.29, 1.82) is 0 Å². The summed E-state index contributed by atoms with van der Waals surface area (Å²) in [5.74, 6) is 1.44. The van der Waals surface area contributed by atoms with Gasteiger partial charge in [0.25, 0.3) is 0 Å². The van der Waals surface area contributed by atoms with Crippen molar-refractivity contribution in [2.24, 2.45) is 0 Å². The number of nitrogens with one attached hydrogen (secondary N) is 1. The number of carbonyl (C=O) groups is 1. The monoisotopic (exact) mass is 393 g/mol. The Kier molecular flexibility index (Phi) is 4.21. The lowest BCUT2D eigenvalue weighted by Crippen LogP contribution is -2.54. The molecule has 3 aliphatic rings. The second-order valence-electron chi connectivity index (χ2n) is 8.63. The summed E-state index contributed by atoms with van der Waals surface area (Å²) in [5, 5.41) is 3.31. The summed E-state index contributed by atoms with van der Waals surface area (Å²) in [4.78, 5) is 17.0. The molecule has 1 N–H and O–H groups in total. The number of carbonyl (C=O) groups excluding carboxylic acids is 1. The molecule has 29 heavy (non-hydrogen) atoms. The van der Waals surface area contributed by atoms with Gasteiger partial charge in [0, 0.05) is 17.3 Å². The van der Waals surface area contributed by atoms with Gasteiger partial charge < -0.3 is 14.8 Å². The van der Waals surface area contributed by atoms with Gasteiger partial charge in [-0.15, -0.1) is 0 Å². The van der Waals surface area contributed by atoms with Crippen LogP contribution in [0.3, 0.4) is 0 Å². The Morgan fingerprint density at radius 3 is 2.41 bits per heavy atom. The Morgan fingerprint density at radius 1 is 0.966 bits per heavy atom. The molecule has 5 rings (SSSR count). The van der Waals surface area contributed by atoms with Gasteiger partial charge >= 0.3 is 6.03 Å². The summed E-state index contributed by atoms with van der Waals surface area (Å²) in [7, 11) is 4.33. The molecule has 6 heteroatoms. The highest BCUT2D eigenvalue weighted by Gasteiger charge is 2.50. The second kappa shape index (κ2) is 6.66. The van der Waals surface area contributed by atoms with Gasteiger partial charge in [-0.3, -0.25) is 9.80 Å². The summed E-state index contributed by atoms with van der Waals surface area (Å²) in [6.45, 7) is 0.921. The summed E-state index contributed by atoms with van der Waals surface area (Å²) in [6, 6.07) is 16.4. The number of hydrogen-bond acceptors (Lipinski definition) is 4. The number of hydrogen-bond donors (Lipinski definition) is 1. The molecule has 2 heterocycles. The molecule has 0 unspecified atom stereocenters. The van der Waals surface area contributed by atoms with Crippen LogP contribution in [-0.2, 0) is 5.54 Å². The fourth-order valence-electron chi connectivity index (χ4n) is 5.14. The van der Waals surface area contributed by atoms with Crippen molar-refractivity contribution < 1.29 is 14.3 Å². The van der Waals surface area contributed by atoms with E-state index in [1.54, 1.807) is 0 Å². The van der Waals surface area contributed by atoms with Gasteiger partial charge in [0.15, 0.2) is 11.5 Å². The third-order valence-corrected chi connectivity index (χ3v) is 6.95. The SMILES string of the molecule is CN(C)[C@]1(c2ccccc2)CC[C@]2(CC1)CN(c1ccc3c(c1)OCO3)C(=O)N2. The van der Waals surface area contributed by atoms with Crippen LogP contribution in [0.4, 0.5) is 10.5 Å². The van der Waals surface area contributed by atoms with Crippen molar-refractivity contribution in [2.75, 3.05) is 32.3 Å². The highest BCUT2D eigenvalue weighted by atomic mass is 16.7. The average molecular weight is 393 g/mol. The molecule has 1 spiro atoms. The lowest BCUT2D eigenvalue weighted by atomic mass is 9.69. The van der Waals surface area contributed by atoms with Crippen LogP contribution in [0, 0.1) is 0 Å². The van der Waals surface area contributed by atoms with E-state index >= 15 is 0 Å². The van der Waals surface area contributed by atoms with Gasteiger partial charge in [0.05, 0.1) is 12.1 Å². The maximum atomic E-state index is 12.8. The molecule has 1 saturated heterocycles. The smallest absolute Gasteiger partial charge is 0.322 e. The standard InChI is InChI=1S/C23H27N3O3/c1-25(2)23(17-6-4-3-5-7-17)12-10-22(11-13-23)15-26(21(27)24-22)18-8-9-19-20(14-18)29-16-28-19/h3-9,14H,10-13,15-16H2,1-2H3,(H,24,27)/t22-,23+. The van der Waals surface area contributed by atoms with E-state index in [0.717, 1.165) is 37.1 Å². The minimum Gasteiger partial charge on any atom is -0.454 e. The van der Waals surface area contributed by atoms with E-state index in [4.69, 9.17) is 9.47 Å². The summed E-state index contributed by atoms with van der Waals surface area (Å²) >= 11 is 0. The van der Waals surface area contributed by atoms with E-state index in [0.29, 0.717) is 12.3 Å². The van der Waals surface area contributed by atoms with Crippen LogP contribution >= 0.6 is 0 Å². The van der Waals surface area contributed by atoms with Gasteiger partial charge in [-0.1, -0.05) is 30.3 Å². The Hall–Kier alpha value is -2.73. The van der Waals surface area contributed by atoms with Crippen LogP contribution in [-0.4, -0.2) is 43.9 Å². The maximum Gasteiger partial charge on any atom is 0.322 e. The molecule has 2 aromatic carbocycles. The van der Waals surface area contributed by atoms with Gasteiger partial charge in [-0.2, -0.15) is 0 Å². The molecule has 0 radical (unpaired) electrons. The summed E-state index contributed by atoms with van der Waals surface area (Å²) < 4.78 is 10.9. The summed E-state index contributed by atoms with van der Waals surface area (Å²) in [5.41, 5.74) is 2.05. The van der Waals surface area contributed by atoms with E-state index in [9.17, 15) is 4.79 Å². The van der Waals surface area contributed by atoms with Crippen LogP contribution in [0.1, 0.15) is 31.2 Å². The van der Waals surface area contributed by atoms with Crippen LogP contribution < -0.4 is 19.7 Å². The van der Waals surface area contributed by atoms with Gasteiger partial charge in [-0.05, 0) is 57.5 Å². The second-order valence-corrected chi connectivity index (χ2v) is 8.63. The maximum absolute atomic E-state index is 12.8. The molecular formula is C23H27N3O3. The highest BCUT2D eigenvalue weighted by molar-refractivity contribution is 5.95. The van der Waals surface area contributed by atoms with Crippen molar-refractivity contribution in [3.63, 3.8) is 0 Å². The lowest BCUT2D eigenvalue weighted by molar-refractivity contribution is 0.0658. The van der Waals surface area contributed by atoms with E-state index in [1.165, 1.54) is 5.56 Å². The highest BCUT2D eigenvalue weighted by Crippen LogP contribution is 2.46. The lowest BCUT2D eigenvalue weighted by Gasteiger charge is -2.48. The predicted molar refractivity (Wildman–Crippen MR) is 111 cm³/mol. The first-order valence-electron chi connectivity index (χ1n) is 10.2. The van der Waals surface area contributed by atoms with Crippen LogP contribution in [0.5, 0.6) is 11.5 Å². The number of urea groups is 1. The largest absolute Gasteiger partial charge is 0.454 e. The molecule has 0 atom stereocenters. The average Bonchev–Trinajstić information content (AvgIpc) is 3.33. The fourth-order valence-corrected chi connectivity index (χ4v) is 5.14. The number of benzene rings is 2. The number of anilines is 1. The number of fused-ring (bicyclic) bond motifs is 1. The zero-order valence-corrected chi connectivity index (χ0v) is 17.0. The van der Waals surface area contributed by atoms with Crippen molar-refractivity contribution in [3.05, 3.63) is 54.1 Å². The molecule has 1 aliphatic carbocycles. The Morgan fingerprint density at radius 2 is 1.69 bits per heavy atom. The minimum absolute atomic E-state index is 0.0173. The predicted octanol–water partition coefficient (Wildman–Crippen LogP) is 3.71. The van der Waals surface area contributed by atoms with Crippen molar-refractivity contribution >= 4 is 11.7 Å². The molecule has 0 aromatic heterocycles. The third-order valence-electron chi connectivity index (χ3n) is 6.95. The molecule has 2 fully saturated rings. The van der Waals surface area contributed by atoms with E-state index in [1.807, 2.05) is 23.1 Å². The van der Waals surface area contributed by atoms with E-state index in [-0.39, 0.29) is 23.9 Å². The van der Waals surface area contributed by atoms with Gasteiger partial charge in [0.2, 0.25) is 6.79 Å². The van der Waals surface area contributed by atoms with Gasteiger partial charge in [-0.25, -0.2) is 4.79 Å². The normalized spacial score (nSPS) is 28.2. The number of amides is 2. The number of rotatable bonds is 3. The molecule has 2 aromatic rings. The number of nitrogens with zero attached hydrogens (tertiary/aromatic N) is 2. The van der Waals surface area contributed by atoms with Gasteiger partial charge in [0.1, 0.15) is 0 Å². The van der Waals surface area contributed by atoms with E-state index in [2.05, 4.69) is 54.6 Å². The third kappa shape index (κ3) is 2.94. The minimum atomic E-state index is -0.179. The first-order valence-corrected chi connectivity index (χ1v) is 10.2. The summed E-state index contributed by atoms with van der Waals surface area (Å²) in [6.07, 6.45) is 3.93. The zero-order chi connectivity index (χ0) is 20.1. The van der Waals surface area contributed by atoms with Crippen molar-refractivity contribution in [3.8, 4) is 11.5 Å². The van der Waals surface area contributed by atoms with E-state index < -0.39 is 0 Å². The molecule has 2 aliphatic heterocycles. The van der Waals surface area contributed by atoms with Crippen molar-refractivity contribution in [1.82, 2.24) is 10.2 Å². The quantitative estimate of drug-likeness (QED) is 0.864. The molecule has 0 bridgehead atoms. The molecule has 6 nitrogen and oxygen atoms in total. The Balaban J connectivity index is 1.36. The first kappa shape index (κ1) is 18.3. The molecular weight excluding hydrogens is 366 g/mol. The molecule has 2 amide bonds. The Labute approximate surface area is 171 Å². The number of ether oxygens (including phenoxy) is 2. The van der Waals surface area contributed by atoms with Crippen LogP contribution in [0.2, 0.25) is 0 Å². The first-order chi connectivity index (χ1) is 14.0. The molecule has 1 saturated carbocycles. The van der Waals surface area contributed by atoms with Crippen LogP contribution in [0.15, 0.2) is 48.5 Å². The van der Waals surface area contributed by atoms with Crippen molar-refractivity contribution in [2.45, 2.75) is 36.8 Å². The Bertz CT molecular complexity index is 920. The van der Waals surface area contributed by atoms with Crippen LogP contribution in [0.25, 0.3) is 0 Å². The molecule has 152 valence electrons. The topological polar surface area (TPSA) is 54.0 Å². The fraction of sp³-hybridized carbons (Fsp3) is 0.435. The zero-order valence-electron chi connectivity index (χ0n) is 17.0.